The molecule has 0 spiro atoms. The van der Waals surface area contributed by atoms with Crippen LogP contribution in [0.2, 0.25) is 0 Å². The Morgan fingerprint density at radius 3 is 1.70 bits per heavy atom. The number of hydrogen-bond acceptors (Lipinski definition) is 9. The first-order valence-corrected chi connectivity index (χ1v) is 19.8. The van der Waals surface area contributed by atoms with Crippen LogP contribution in [0.5, 0.6) is 0 Å². The van der Waals surface area contributed by atoms with Gasteiger partial charge in [-0.05, 0) is 38.5 Å². The lowest BCUT2D eigenvalue weighted by Crippen LogP contribution is -2.60. The average molecular weight is 712 g/mol. The van der Waals surface area contributed by atoms with Gasteiger partial charge in [-0.1, -0.05) is 147 Å². The van der Waals surface area contributed by atoms with E-state index in [4.69, 9.17) is 9.47 Å². The average Bonchev–Trinajstić information content (AvgIpc) is 3.11. The minimum absolute atomic E-state index is 0.340. The topological polar surface area (TPSA) is 169 Å². The van der Waals surface area contributed by atoms with Crippen molar-refractivity contribution in [3.05, 3.63) is 36.5 Å². The quantitative estimate of drug-likeness (QED) is 0.0342. The number of unbranched alkanes of at least 4 members (excludes halogenated alkanes) is 18. The van der Waals surface area contributed by atoms with Gasteiger partial charge < -0.3 is 45.4 Å². The van der Waals surface area contributed by atoms with E-state index in [1.54, 1.807) is 12.2 Å². The molecule has 292 valence electrons. The van der Waals surface area contributed by atoms with E-state index in [1.165, 1.54) is 102 Å². The summed E-state index contributed by atoms with van der Waals surface area (Å²) in [6, 6.07) is -1.02. The van der Waals surface area contributed by atoms with Gasteiger partial charge in [0.25, 0.3) is 5.91 Å². The van der Waals surface area contributed by atoms with Crippen LogP contribution in [0.4, 0.5) is 0 Å². The van der Waals surface area contributed by atoms with Gasteiger partial charge in [0.1, 0.15) is 24.4 Å². The second-order valence-electron chi connectivity index (χ2n) is 13.9. The van der Waals surface area contributed by atoms with Crippen LogP contribution in [0.3, 0.4) is 0 Å². The lowest BCUT2D eigenvalue weighted by atomic mass is 9.99. The summed E-state index contributed by atoms with van der Waals surface area (Å²) >= 11 is 0. The highest BCUT2D eigenvalue weighted by Gasteiger charge is 2.44. The minimum atomic E-state index is -1.62. The number of aliphatic hydroxyl groups is 6. The second-order valence-corrected chi connectivity index (χ2v) is 13.9. The first-order valence-electron chi connectivity index (χ1n) is 19.8. The van der Waals surface area contributed by atoms with E-state index < -0.39 is 61.5 Å². The third kappa shape index (κ3) is 21.7. The van der Waals surface area contributed by atoms with Crippen LogP contribution in [0.25, 0.3) is 0 Å². The van der Waals surface area contributed by atoms with Crippen molar-refractivity contribution in [2.45, 2.75) is 198 Å². The van der Waals surface area contributed by atoms with Crippen molar-refractivity contribution >= 4 is 5.91 Å². The van der Waals surface area contributed by atoms with Crippen LogP contribution in [-0.2, 0) is 14.3 Å². The number of aliphatic hydroxyl groups excluding tert-OH is 6. The zero-order chi connectivity index (χ0) is 36.8. The number of nitrogens with one attached hydrogen (secondary N) is 1. The van der Waals surface area contributed by atoms with Crippen LogP contribution >= 0.6 is 0 Å². The monoisotopic (exact) mass is 712 g/mol. The van der Waals surface area contributed by atoms with Crippen LogP contribution < -0.4 is 5.32 Å². The van der Waals surface area contributed by atoms with E-state index in [-0.39, 0.29) is 6.61 Å². The van der Waals surface area contributed by atoms with Crippen LogP contribution in [0.15, 0.2) is 36.5 Å². The maximum Gasteiger partial charge on any atom is 0.253 e. The summed E-state index contributed by atoms with van der Waals surface area (Å²) in [5, 5.41) is 64.1. The van der Waals surface area contributed by atoms with Gasteiger partial charge in [-0.2, -0.15) is 0 Å². The third-order valence-corrected chi connectivity index (χ3v) is 9.31. The van der Waals surface area contributed by atoms with E-state index in [0.717, 1.165) is 32.1 Å². The van der Waals surface area contributed by atoms with Gasteiger partial charge in [0.2, 0.25) is 0 Å². The molecule has 1 aliphatic heterocycles. The first kappa shape index (κ1) is 46.4. The lowest BCUT2D eigenvalue weighted by Gasteiger charge is -2.40. The summed E-state index contributed by atoms with van der Waals surface area (Å²) in [5.74, 6) is -0.715. The molecular weight excluding hydrogens is 638 g/mol. The summed E-state index contributed by atoms with van der Waals surface area (Å²) in [5.41, 5.74) is 0. The maximum absolute atomic E-state index is 12.9. The van der Waals surface area contributed by atoms with Gasteiger partial charge in [-0.25, -0.2) is 0 Å². The van der Waals surface area contributed by atoms with Crippen LogP contribution in [0, 0.1) is 0 Å². The number of allylic oxidation sites excluding steroid dienone is 4. The molecule has 8 atom stereocenters. The predicted molar refractivity (Wildman–Crippen MR) is 199 cm³/mol. The fourth-order valence-corrected chi connectivity index (χ4v) is 5.98. The Labute approximate surface area is 303 Å². The molecule has 0 radical (unpaired) electrons. The van der Waals surface area contributed by atoms with Crippen LogP contribution in [0.1, 0.15) is 149 Å². The summed E-state index contributed by atoms with van der Waals surface area (Å²) in [6.45, 7) is 3.50. The van der Waals surface area contributed by atoms with Crippen molar-refractivity contribution in [1.82, 2.24) is 5.32 Å². The van der Waals surface area contributed by atoms with Gasteiger partial charge in [0, 0.05) is 0 Å². The molecule has 0 aromatic rings. The Bertz CT molecular complexity index is 896. The van der Waals surface area contributed by atoms with Crippen molar-refractivity contribution in [1.29, 1.82) is 0 Å². The number of carbonyl (C=O) groups is 1. The van der Waals surface area contributed by atoms with E-state index in [9.17, 15) is 35.4 Å². The van der Waals surface area contributed by atoms with Crippen molar-refractivity contribution in [3.63, 3.8) is 0 Å². The molecule has 7 N–H and O–H groups in total. The summed E-state index contributed by atoms with van der Waals surface area (Å²) in [7, 11) is 0. The van der Waals surface area contributed by atoms with E-state index in [1.807, 2.05) is 6.08 Å². The highest BCUT2D eigenvalue weighted by atomic mass is 16.7. The predicted octanol–water partition coefficient (Wildman–Crippen LogP) is 5.91. The Morgan fingerprint density at radius 2 is 1.14 bits per heavy atom. The fourth-order valence-electron chi connectivity index (χ4n) is 5.98. The Hall–Kier alpha value is -1.63. The lowest BCUT2D eigenvalue weighted by molar-refractivity contribution is -0.302. The van der Waals surface area contributed by atoms with Gasteiger partial charge >= 0.3 is 0 Å². The second kappa shape index (κ2) is 30.9. The number of ether oxygens (including phenoxy) is 2. The fraction of sp³-hybridized carbons (Fsp3) is 0.825. The number of carbonyl (C=O) groups excluding carboxylic acids is 1. The Balaban J connectivity index is 2.58. The molecule has 0 bridgehead atoms. The van der Waals surface area contributed by atoms with Crippen molar-refractivity contribution < 1.29 is 44.9 Å². The van der Waals surface area contributed by atoms with Gasteiger partial charge in [0.15, 0.2) is 12.4 Å². The highest BCUT2D eigenvalue weighted by molar-refractivity contribution is 5.82. The minimum Gasteiger partial charge on any atom is -0.394 e. The molecule has 1 fully saturated rings. The van der Waals surface area contributed by atoms with Gasteiger partial charge in [-0.3, -0.25) is 4.79 Å². The molecule has 1 amide bonds. The molecule has 0 saturated carbocycles. The van der Waals surface area contributed by atoms with E-state index >= 15 is 0 Å². The molecule has 50 heavy (non-hydrogen) atoms. The summed E-state index contributed by atoms with van der Waals surface area (Å²) in [6.07, 6.45) is 25.5. The maximum atomic E-state index is 12.9. The molecule has 3 unspecified atom stereocenters. The number of hydrogen-bond donors (Lipinski definition) is 7. The van der Waals surface area contributed by atoms with Crippen molar-refractivity contribution in [2.75, 3.05) is 13.2 Å². The highest BCUT2D eigenvalue weighted by Crippen LogP contribution is 2.22. The van der Waals surface area contributed by atoms with E-state index in [0.29, 0.717) is 6.42 Å². The third-order valence-electron chi connectivity index (χ3n) is 9.31. The summed E-state index contributed by atoms with van der Waals surface area (Å²) < 4.78 is 11.0. The number of rotatable bonds is 31. The molecule has 0 aromatic carbocycles. The molecule has 1 saturated heterocycles. The first-order chi connectivity index (χ1) is 24.3. The standard InChI is InChI=1S/C40H73NO9/c1-3-5-7-9-11-13-15-17-19-20-22-24-26-28-33(43)32(31-49-40-38(47)37(46)36(45)35(30-42)50-40)41-39(48)34(44)29-27-25-23-21-18-16-14-12-10-8-6-4-2/h19-20,26-29,32-38,40,42-47H,3-18,21-25,30-31H2,1-2H3,(H,41,48)/b20-19+,28-26+,29-27+/t32?,33?,34?,35-,36-,37-,38-,40-/m1/s1. The molecule has 10 nitrogen and oxygen atoms in total. The molecule has 1 heterocycles. The van der Waals surface area contributed by atoms with Crippen molar-refractivity contribution in [3.8, 4) is 0 Å². The molecule has 0 aromatic heterocycles. The molecular formula is C40H73NO9. The molecule has 0 aliphatic carbocycles. The Morgan fingerprint density at radius 1 is 0.660 bits per heavy atom. The zero-order valence-electron chi connectivity index (χ0n) is 31.3. The van der Waals surface area contributed by atoms with Crippen LogP contribution in [-0.4, -0.2) is 98.7 Å². The Kier molecular flexibility index (Phi) is 28.7. The molecule has 10 heteroatoms. The SMILES string of the molecule is CCCCCCCCC/C=C/CC/C=C/C(O)C(CO[C@@H]1O[C@H](CO)[C@@H](O)[C@@H](O)[C@H]1O)NC(=O)C(O)/C=C/CCCCCCCCCCCC. The zero-order valence-corrected chi connectivity index (χ0v) is 31.3. The van der Waals surface area contributed by atoms with Gasteiger partial charge in [0.05, 0.1) is 25.4 Å². The normalized spacial score (nSPS) is 23.2. The van der Waals surface area contributed by atoms with Crippen molar-refractivity contribution in [2.24, 2.45) is 0 Å². The smallest absolute Gasteiger partial charge is 0.253 e. The number of amides is 1. The molecule has 1 aliphatic rings. The van der Waals surface area contributed by atoms with Gasteiger partial charge in [-0.15, -0.1) is 0 Å². The largest absolute Gasteiger partial charge is 0.394 e. The van der Waals surface area contributed by atoms with E-state index in [2.05, 4.69) is 31.3 Å². The summed E-state index contributed by atoms with van der Waals surface area (Å²) in [4.78, 5) is 12.9. The molecule has 1 rings (SSSR count).